The van der Waals surface area contributed by atoms with Gasteiger partial charge < -0.3 is 26.2 Å². The SMILES string of the molecule is CC(C)CCC(C)Nc1ccc(Nc2ccc(N(c3ccc(Nc4ccc(NC(C)CCC(C)C)cc4)cc3)C(C)C)cc2)cc1. The summed E-state index contributed by atoms with van der Waals surface area (Å²) in [5.41, 5.74) is 8.98. The zero-order chi connectivity index (χ0) is 33.1. The van der Waals surface area contributed by atoms with Gasteiger partial charge in [-0.3, -0.25) is 0 Å². The van der Waals surface area contributed by atoms with Gasteiger partial charge in [0.15, 0.2) is 0 Å². The highest BCUT2D eigenvalue weighted by Crippen LogP contribution is 2.31. The zero-order valence-corrected chi connectivity index (χ0v) is 29.4. The molecule has 0 aliphatic carbocycles. The van der Waals surface area contributed by atoms with Crippen LogP contribution in [0.25, 0.3) is 0 Å². The third-order valence-electron chi connectivity index (χ3n) is 8.33. The number of rotatable bonds is 17. The first kappa shape index (κ1) is 34.7. The third-order valence-corrected chi connectivity index (χ3v) is 8.33. The third kappa shape index (κ3) is 11.0. The second kappa shape index (κ2) is 17.0. The van der Waals surface area contributed by atoms with E-state index in [0.717, 1.165) is 34.6 Å². The Morgan fingerprint density at radius 2 is 0.674 bits per heavy atom. The first-order valence-electron chi connectivity index (χ1n) is 17.3. The van der Waals surface area contributed by atoms with Crippen LogP contribution >= 0.6 is 0 Å². The summed E-state index contributed by atoms with van der Waals surface area (Å²) in [4.78, 5) is 2.37. The normalized spacial score (nSPS) is 12.7. The first-order valence-corrected chi connectivity index (χ1v) is 17.3. The summed E-state index contributed by atoms with van der Waals surface area (Å²) >= 11 is 0. The molecule has 0 saturated heterocycles. The molecule has 0 aromatic heterocycles. The molecule has 4 aromatic carbocycles. The Labute approximate surface area is 279 Å². The molecule has 0 fully saturated rings. The lowest BCUT2D eigenvalue weighted by molar-refractivity contribution is 0.528. The molecule has 0 saturated carbocycles. The number of hydrogen-bond donors (Lipinski definition) is 4. The molecule has 246 valence electrons. The first-order chi connectivity index (χ1) is 22.0. The number of hydrogen-bond acceptors (Lipinski definition) is 5. The van der Waals surface area contributed by atoms with E-state index in [4.69, 9.17) is 0 Å². The van der Waals surface area contributed by atoms with Crippen LogP contribution in [-0.4, -0.2) is 18.1 Å². The molecule has 5 heteroatoms. The van der Waals surface area contributed by atoms with Gasteiger partial charge in [-0.05, 0) is 162 Å². The van der Waals surface area contributed by atoms with Crippen molar-refractivity contribution in [3.8, 4) is 0 Å². The van der Waals surface area contributed by atoms with Crippen molar-refractivity contribution in [2.75, 3.05) is 26.2 Å². The summed E-state index contributed by atoms with van der Waals surface area (Å²) in [6.45, 7) is 18.1. The zero-order valence-electron chi connectivity index (χ0n) is 29.4. The molecule has 0 heterocycles. The summed E-state index contributed by atoms with van der Waals surface area (Å²) in [6, 6.07) is 35.8. The van der Waals surface area contributed by atoms with Crippen LogP contribution < -0.4 is 26.2 Å². The lowest BCUT2D eigenvalue weighted by atomic mass is 10.0. The number of nitrogens with zero attached hydrogens (tertiary/aromatic N) is 1. The minimum atomic E-state index is 0.309. The van der Waals surface area contributed by atoms with Crippen molar-refractivity contribution in [3.63, 3.8) is 0 Å². The van der Waals surface area contributed by atoms with Crippen LogP contribution in [0.15, 0.2) is 97.1 Å². The Morgan fingerprint density at radius 1 is 0.391 bits per heavy atom. The van der Waals surface area contributed by atoms with Crippen molar-refractivity contribution >= 4 is 45.5 Å². The molecular formula is C41H57N5. The lowest BCUT2D eigenvalue weighted by Gasteiger charge is -2.29. The molecule has 4 aromatic rings. The maximum absolute atomic E-state index is 3.62. The fourth-order valence-electron chi connectivity index (χ4n) is 5.67. The molecule has 0 aliphatic heterocycles. The van der Waals surface area contributed by atoms with Crippen molar-refractivity contribution in [1.29, 1.82) is 0 Å². The van der Waals surface area contributed by atoms with Gasteiger partial charge in [-0.2, -0.15) is 0 Å². The van der Waals surface area contributed by atoms with E-state index in [1.165, 1.54) is 48.4 Å². The largest absolute Gasteiger partial charge is 0.383 e. The van der Waals surface area contributed by atoms with Crippen molar-refractivity contribution in [2.24, 2.45) is 11.8 Å². The molecule has 0 bridgehead atoms. The highest BCUT2D eigenvalue weighted by Gasteiger charge is 2.14. The molecule has 0 aliphatic rings. The molecule has 0 amide bonds. The smallest absolute Gasteiger partial charge is 0.0414 e. The van der Waals surface area contributed by atoms with E-state index >= 15 is 0 Å². The molecule has 5 nitrogen and oxygen atoms in total. The molecule has 0 spiro atoms. The monoisotopic (exact) mass is 619 g/mol. The maximum Gasteiger partial charge on any atom is 0.0414 e. The minimum absolute atomic E-state index is 0.309. The quantitative estimate of drug-likeness (QED) is 0.0947. The van der Waals surface area contributed by atoms with Gasteiger partial charge in [0.25, 0.3) is 0 Å². The number of benzene rings is 4. The van der Waals surface area contributed by atoms with Crippen LogP contribution in [0.2, 0.25) is 0 Å². The van der Waals surface area contributed by atoms with E-state index in [-0.39, 0.29) is 0 Å². The Hall–Kier alpha value is -4.12. The average Bonchev–Trinajstić information content (AvgIpc) is 3.02. The van der Waals surface area contributed by atoms with Gasteiger partial charge in [0.2, 0.25) is 0 Å². The standard InChI is InChI=1S/C41H57N5/c1-29(2)9-11-32(7)42-34-13-17-36(18-14-34)44-38-21-25-40(26-22-38)46(31(5)6)41-27-23-39(24-28-41)45-37-19-15-35(16-20-37)43-33(8)12-10-30(3)4/h13-33,42-45H,9-12H2,1-8H3. The van der Waals surface area contributed by atoms with E-state index in [9.17, 15) is 0 Å². The molecule has 46 heavy (non-hydrogen) atoms. The minimum Gasteiger partial charge on any atom is -0.383 e. The summed E-state index contributed by atoms with van der Waals surface area (Å²) < 4.78 is 0. The van der Waals surface area contributed by atoms with E-state index in [1.807, 2.05) is 0 Å². The van der Waals surface area contributed by atoms with E-state index in [0.29, 0.717) is 18.1 Å². The number of nitrogens with one attached hydrogen (secondary N) is 4. The van der Waals surface area contributed by atoms with Crippen molar-refractivity contribution in [1.82, 2.24) is 0 Å². The van der Waals surface area contributed by atoms with E-state index < -0.39 is 0 Å². The topological polar surface area (TPSA) is 51.4 Å². The van der Waals surface area contributed by atoms with Crippen LogP contribution in [0.1, 0.15) is 81.1 Å². The summed E-state index contributed by atoms with van der Waals surface area (Å²) in [5.74, 6) is 1.48. The lowest BCUT2D eigenvalue weighted by Crippen LogP contribution is -2.25. The molecule has 4 rings (SSSR count). The van der Waals surface area contributed by atoms with Gasteiger partial charge in [-0.1, -0.05) is 27.7 Å². The molecule has 0 radical (unpaired) electrons. The van der Waals surface area contributed by atoms with Crippen molar-refractivity contribution in [2.45, 2.75) is 99.2 Å². The van der Waals surface area contributed by atoms with Gasteiger partial charge >= 0.3 is 0 Å². The van der Waals surface area contributed by atoms with Crippen molar-refractivity contribution in [3.05, 3.63) is 97.1 Å². The van der Waals surface area contributed by atoms with Gasteiger partial charge in [0.05, 0.1) is 0 Å². The molecule has 2 atom stereocenters. The number of anilines is 8. The molecular weight excluding hydrogens is 562 g/mol. The fourth-order valence-corrected chi connectivity index (χ4v) is 5.67. The van der Waals surface area contributed by atoms with Gasteiger partial charge in [-0.25, -0.2) is 0 Å². The predicted molar refractivity (Wildman–Crippen MR) is 204 cm³/mol. The molecule has 2 unspecified atom stereocenters. The molecule has 4 N–H and O–H groups in total. The van der Waals surface area contributed by atoms with Crippen LogP contribution in [-0.2, 0) is 0 Å². The summed E-state index contributed by atoms with van der Waals surface area (Å²) in [5, 5.41) is 14.4. The van der Waals surface area contributed by atoms with Gasteiger partial charge in [0, 0.05) is 63.6 Å². The Morgan fingerprint density at radius 3 is 0.957 bits per heavy atom. The van der Waals surface area contributed by atoms with E-state index in [2.05, 4.69) is 179 Å². The highest BCUT2D eigenvalue weighted by molar-refractivity contribution is 5.71. The van der Waals surface area contributed by atoms with Gasteiger partial charge in [-0.15, -0.1) is 0 Å². The van der Waals surface area contributed by atoms with Crippen LogP contribution in [0.3, 0.4) is 0 Å². The Bertz CT molecular complexity index is 1320. The second-order valence-corrected chi connectivity index (χ2v) is 14.0. The van der Waals surface area contributed by atoms with Gasteiger partial charge in [0.1, 0.15) is 0 Å². The second-order valence-electron chi connectivity index (χ2n) is 14.0. The summed E-state index contributed by atoms with van der Waals surface area (Å²) in [7, 11) is 0. The average molecular weight is 620 g/mol. The van der Waals surface area contributed by atoms with E-state index in [1.54, 1.807) is 0 Å². The van der Waals surface area contributed by atoms with Crippen LogP contribution in [0.5, 0.6) is 0 Å². The Balaban J connectivity index is 1.32. The maximum atomic E-state index is 3.62. The predicted octanol–water partition coefficient (Wildman–Crippen LogP) is 12.2. The highest BCUT2D eigenvalue weighted by atomic mass is 15.2. The fraction of sp³-hybridized carbons (Fsp3) is 0.415. The van der Waals surface area contributed by atoms with Crippen molar-refractivity contribution < 1.29 is 0 Å². The van der Waals surface area contributed by atoms with Crippen LogP contribution in [0, 0.1) is 11.8 Å². The Kier molecular flexibility index (Phi) is 12.8. The van der Waals surface area contributed by atoms with Crippen LogP contribution in [0.4, 0.5) is 45.5 Å². The summed E-state index contributed by atoms with van der Waals surface area (Å²) in [6.07, 6.45) is 4.85.